The zero-order valence-electron chi connectivity index (χ0n) is 36.5. The highest BCUT2D eigenvalue weighted by Gasteiger charge is 2.25. The van der Waals surface area contributed by atoms with Crippen molar-refractivity contribution in [2.24, 2.45) is 4.99 Å². The van der Waals surface area contributed by atoms with Gasteiger partial charge < -0.3 is 49.2 Å². The Kier molecular flexibility index (Phi) is 20.7. The van der Waals surface area contributed by atoms with Crippen molar-refractivity contribution in [1.82, 2.24) is 10.6 Å². The van der Waals surface area contributed by atoms with E-state index < -0.39 is 12.1 Å². The van der Waals surface area contributed by atoms with Gasteiger partial charge in [-0.05, 0) is 108 Å². The molecule has 0 aromatic heterocycles. The number of hydrogen-bond acceptors (Lipinski definition) is 13. The van der Waals surface area contributed by atoms with Gasteiger partial charge in [0.25, 0.3) is 5.91 Å². The van der Waals surface area contributed by atoms with Crippen LogP contribution in [0.15, 0.2) is 51.9 Å². The van der Waals surface area contributed by atoms with Crippen LogP contribution in [0.2, 0.25) is 0 Å². The number of carboxylic acids is 1. The highest BCUT2D eigenvalue weighted by Crippen LogP contribution is 2.43. The first-order valence-corrected chi connectivity index (χ1v) is 23.1. The first-order valence-electron chi connectivity index (χ1n) is 20.7. The number of hydrogen-bond donors (Lipinski definition) is 4. The van der Waals surface area contributed by atoms with E-state index in [-0.39, 0.29) is 29.4 Å². The molecule has 2 aromatic carbocycles. The van der Waals surface area contributed by atoms with E-state index in [1.807, 2.05) is 52.0 Å². The Bertz CT molecular complexity index is 2090. The van der Waals surface area contributed by atoms with Crippen LogP contribution in [0, 0.1) is 13.8 Å². The molecule has 0 spiro atoms. The summed E-state index contributed by atoms with van der Waals surface area (Å²) in [6.07, 6.45) is 2.18. The summed E-state index contributed by atoms with van der Waals surface area (Å²) in [6.45, 7) is 16.9. The fraction of sp³-hybridized carbons (Fsp3) is 0.511. The van der Waals surface area contributed by atoms with E-state index in [1.54, 1.807) is 34.8 Å². The zero-order chi connectivity index (χ0) is 44.2. The molecule has 1 aliphatic heterocycles. The van der Waals surface area contributed by atoms with Gasteiger partial charge in [0.1, 0.15) is 17.3 Å². The fourth-order valence-electron chi connectivity index (χ4n) is 6.37. The Morgan fingerprint density at radius 2 is 1.57 bits per heavy atom. The van der Waals surface area contributed by atoms with Crippen LogP contribution < -0.4 is 21.3 Å². The predicted molar refractivity (Wildman–Crippen MR) is 244 cm³/mol. The number of benzene rings is 3. The van der Waals surface area contributed by atoms with Gasteiger partial charge in [0.2, 0.25) is 0 Å². The van der Waals surface area contributed by atoms with Crippen molar-refractivity contribution < 1.29 is 47.6 Å². The molecule has 0 bridgehead atoms. The number of carbonyl (C=O) groups excluding carboxylic acids is 2. The van der Waals surface area contributed by atoms with Crippen LogP contribution in [-0.4, -0.2) is 113 Å². The number of unbranched alkanes of at least 4 members (excludes halogenated alkanes) is 1. The average molecular weight is 883 g/mol. The van der Waals surface area contributed by atoms with E-state index in [0.29, 0.717) is 85.5 Å². The first kappa shape index (κ1) is 49.3. The summed E-state index contributed by atoms with van der Waals surface area (Å²) in [7, 11) is 5.07. The second-order valence-corrected chi connectivity index (χ2v) is 17.8. The molecule has 0 saturated carbocycles. The Hall–Kier alpha value is -4.32. The molecule has 0 atom stereocenters. The van der Waals surface area contributed by atoms with Gasteiger partial charge in [0, 0.05) is 91.1 Å². The third kappa shape index (κ3) is 15.5. The van der Waals surface area contributed by atoms with Crippen molar-refractivity contribution in [3.8, 4) is 22.5 Å². The van der Waals surface area contributed by atoms with Gasteiger partial charge in [-0.2, -0.15) is 0 Å². The van der Waals surface area contributed by atoms with Crippen LogP contribution in [0.4, 0.5) is 10.5 Å². The van der Waals surface area contributed by atoms with Gasteiger partial charge in [-0.1, -0.05) is 21.6 Å². The molecule has 4 N–H and O–H groups in total. The minimum absolute atomic E-state index is 0.0601. The van der Waals surface area contributed by atoms with Crippen molar-refractivity contribution >= 4 is 56.2 Å². The topological polar surface area (TPSA) is 179 Å². The average Bonchev–Trinajstić information content (AvgIpc) is 3.22. The smallest absolute Gasteiger partial charge is 0.407 e. The SMILES string of the molecule is CC/N=c1/cc2oc3cc(NCC)c(C)cc3c(-c3cc(C(=O)NCCOCCOCCNC(=O)OCCC(C)(C)SSCOCCCCOC)ccc3C(=O)O)c-2cc1C. The van der Waals surface area contributed by atoms with Crippen molar-refractivity contribution in [1.29, 1.82) is 0 Å². The van der Waals surface area contributed by atoms with Crippen LogP contribution in [0.5, 0.6) is 0 Å². The number of nitrogens with zero attached hydrogens (tertiary/aromatic N) is 1. The summed E-state index contributed by atoms with van der Waals surface area (Å²) in [5.74, 6) is -0.318. The second kappa shape index (κ2) is 25.6. The standard InChI is InChI=1S/C45H62N4O10S2/c1-8-46-37-27-39-35(24-30(37)3)41(36-25-31(4)38(47-9-2)28-40(36)59-39)34-26-32(12-13-33(34)43(51)52)42(50)48-15-20-55-22-23-56-21-16-49-44(53)58-19-14-45(5,6)61-60-29-57-18-11-10-17-54-7/h12-13,24-28,46H,8-11,14-23,29H2,1-7H3,(H,48,50)(H,49,53)(H,51,52)/b47-38-. The van der Waals surface area contributed by atoms with Crippen LogP contribution in [0.25, 0.3) is 33.4 Å². The summed E-state index contributed by atoms with van der Waals surface area (Å²) >= 11 is 0. The Balaban J connectivity index is 1.24. The zero-order valence-corrected chi connectivity index (χ0v) is 38.2. The van der Waals surface area contributed by atoms with Gasteiger partial charge in [-0.25, -0.2) is 9.59 Å². The molecule has 61 heavy (non-hydrogen) atoms. The van der Waals surface area contributed by atoms with E-state index in [0.717, 1.165) is 60.2 Å². The van der Waals surface area contributed by atoms with E-state index in [9.17, 15) is 19.5 Å². The number of carboxylic acid groups (broad SMARTS) is 1. The number of alkyl carbamates (subject to hydrolysis) is 1. The van der Waals surface area contributed by atoms with E-state index in [2.05, 4.69) is 34.8 Å². The number of methoxy groups -OCH3 is 1. The van der Waals surface area contributed by atoms with Gasteiger partial charge in [-0.3, -0.25) is 9.79 Å². The molecule has 4 rings (SSSR count). The van der Waals surface area contributed by atoms with E-state index in [1.165, 1.54) is 12.1 Å². The van der Waals surface area contributed by atoms with Gasteiger partial charge in [0.05, 0.1) is 44.0 Å². The molecule has 0 saturated heterocycles. The number of aryl methyl sites for hydroxylation is 2. The first-order chi connectivity index (χ1) is 29.4. The molecule has 0 unspecified atom stereocenters. The molecule has 0 radical (unpaired) electrons. The summed E-state index contributed by atoms with van der Waals surface area (Å²) in [6, 6.07) is 12.4. The lowest BCUT2D eigenvalue weighted by atomic mass is 9.88. The minimum Gasteiger partial charge on any atom is -0.478 e. The number of ether oxygens (including phenoxy) is 5. The molecule has 2 aromatic rings. The normalized spacial score (nSPS) is 12.0. The molecule has 0 fully saturated rings. The van der Waals surface area contributed by atoms with Gasteiger partial charge in [0.15, 0.2) is 0 Å². The maximum Gasteiger partial charge on any atom is 0.407 e. The third-order valence-corrected chi connectivity index (χ3v) is 12.6. The van der Waals surface area contributed by atoms with Crippen molar-refractivity contribution in [3.05, 3.63) is 70.1 Å². The number of fused-ring (bicyclic) bond motifs is 2. The molecule has 1 heterocycles. The lowest BCUT2D eigenvalue weighted by Crippen LogP contribution is -2.30. The number of carbonyl (C=O) groups is 3. The molecule has 16 heteroatoms. The van der Waals surface area contributed by atoms with Crippen LogP contribution >= 0.6 is 21.6 Å². The monoisotopic (exact) mass is 882 g/mol. The van der Waals surface area contributed by atoms with Crippen LogP contribution in [-0.2, 0) is 23.7 Å². The third-order valence-electron chi connectivity index (χ3n) is 9.52. The highest BCUT2D eigenvalue weighted by atomic mass is 33.1. The number of rotatable bonds is 27. The number of aromatic carboxylic acids is 1. The van der Waals surface area contributed by atoms with Gasteiger partial charge >= 0.3 is 12.1 Å². The molecular weight excluding hydrogens is 821 g/mol. The largest absolute Gasteiger partial charge is 0.478 e. The lowest BCUT2D eigenvalue weighted by Gasteiger charge is -2.22. The molecular formula is C45H62N4O10S2. The Morgan fingerprint density at radius 1 is 0.836 bits per heavy atom. The quantitative estimate of drug-likeness (QED) is 0.0195. The van der Waals surface area contributed by atoms with E-state index in [4.69, 9.17) is 28.1 Å². The Labute approximate surface area is 367 Å². The molecule has 14 nitrogen and oxygen atoms in total. The van der Waals surface area contributed by atoms with Crippen molar-refractivity contribution in [2.45, 2.75) is 65.6 Å². The molecule has 1 aliphatic carbocycles. The van der Waals surface area contributed by atoms with Crippen molar-refractivity contribution in [2.75, 3.05) is 90.8 Å². The van der Waals surface area contributed by atoms with Crippen LogP contribution in [0.3, 0.4) is 0 Å². The summed E-state index contributed by atoms with van der Waals surface area (Å²) in [5, 5.41) is 20.8. The number of nitrogens with one attached hydrogen (secondary N) is 3. The summed E-state index contributed by atoms with van der Waals surface area (Å²) < 4.78 is 33.6. The molecule has 2 aliphatic rings. The maximum atomic E-state index is 13.4. The lowest BCUT2D eigenvalue weighted by molar-refractivity contribution is 0.0486. The molecule has 334 valence electrons. The van der Waals surface area contributed by atoms with Gasteiger partial charge in [-0.15, -0.1) is 0 Å². The summed E-state index contributed by atoms with van der Waals surface area (Å²) in [5.41, 5.74) is 5.51. The predicted octanol–water partition coefficient (Wildman–Crippen LogP) is 8.31. The minimum atomic E-state index is -1.11. The molecule has 2 amide bonds. The highest BCUT2D eigenvalue weighted by molar-refractivity contribution is 8.77. The summed E-state index contributed by atoms with van der Waals surface area (Å²) in [4.78, 5) is 42.8. The number of anilines is 1. The van der Waals surface area contributed by atoms with E-state index >= 15 is 0 Å². The Morgan fingerprint density at radius 3 is 2.28 bits per heavy atom. The fourth-order valence-corrected chi connectivity index (χ4v) is 8.65. The number of amides is 2. The second-order valence-electron chi connectivity index (χ2n) is 14.8. The maximum absolute atomic E-state index is 13.4. The van der Waals surface area contributed by atoms with Crippen LogP contribution in [0.1, 0.15) is 78.8 Å². The van der Waals surface area contributed by atoms with Crippen molar-refractivity contribution in [3.63, 3.8) is 0 Å².